The molecule has 2 fully saturated rings. The molecule has 7 nitrogen and oxygen atoms in total. The van der Waals surface area contributed by atoms with E-state index in [0.29, 0.717) is 36.7 Å². The molecule has 2 aromatic rings. The van der Waals surface area contributed by atoms with Gasteiger partial charge in [0.05, 0.1) is 4.90 Å². The van der Waals surface area contributed by atoms with Crippen LogP contribution in [-0.4, -0.2) is 49.5 Å². The van der Waals surface area contributed by atoms with E-state index in [9.17, 15) is 13.2 Å². The summed E-state index contributed by atoms with van der Waals surface area (Å²) in [5.74, 6) is 1.28. The molecule has 0 N–H and O–H groups in total. The summed E-state index contributed by atoms with van der Waals surface area (Å²) in [5, 5.41) is 0. The normalized spacial score (nSPS) is 18.9. The van der Waals surface area contributed by atoms with Gasteiger partial charge in [-0.15, -0.1) is 0 Å². The van der Waals surface area contributed by atoms with Crippen molar-refractivity contribution in [2.45, 2.75) is 56.0 Å². The van der Waals surface area contributed by atoms with Crippen LogP contribution in [0.4, 0.5) is 0 Å². The monoisotopic (exact) mass is 456 g/mol. The average molecular weight is 457 g/mol. The second-order valence-electron chi connectivity index (χ2n) is 8.70. The largest absolute Gasteiger partial charge is 0.454 e. The molecule has 1 aliphatic carbocycles. The van der Waals surface area contributed by atoms with Gasteiger partial charge in [-0.1, -0.05) is 25.0 Å². The fourth-order valence-corrected chi connectivity index (χ4v) is 6.42. The highest BCUT2D eigenvalue weighted by atomic mass is 32.2. The molecule has 1 amide bonds. The Labute approximate surface area is 189 Å². The number of hydrogen-bond donors (Lipinski definition) is 0. The topological polar surface area (TPSA) is 76.2 Å². The third-order valence-electron chi connectivity index (χ3n) is 6.60. The Morgan fingerprint density at radius 3 is 2.50 bits per heavy atom. The van der Waals surface area contributed by atoms with Gasteiger partial charge in [0, 0.05) is 31.2 Å². The number of carbonyl (C=O) groups excluding carboxylic acids is 1. The zero-order valence-corrected chi connectivity index (χ0v) is 18.9. The first-order valence-electron chi connectivity index (χ1n) is 11.3. The molecular formula is C24H28N2O5S. The van der Waals surface area contributed by atoms with Crippen LogP contribution in [0.2, 0.25) is 0 Å². The standard InChI is InChI=1S/C24H28N2O5S/c27-24(19-6-5-9-21(15-19)32(28,29)25-12-3-4-13-25)26(20-7-1-2-8-20)16-18-10-11-22-23(14-18)31-17-30-22/h5-6,9-11,14-15,20H,1-4,7-8,12-13,16-17H2. The van der Waals surface area contributed by atoms with Crippen molar-refractivity contribution in [3.05, 3.63) is 53.6 Å². The summed E-state index contributed by atoms with van der Waals surface area (Å²) in [6.45, 7) is 1.74. The Morgan fingerprint density at radius 1 is 0.969 bits per heavy atom. The fourth-order valence-electron chi connectivity index (χ4n) is 4.85. The van der Waals surface area contributed by atoms with Crippen molar-refractivity contribution in [3.63, 3.8) is 0 Å². The van der Waals surface area contributed by atoms with Crippen LogP contribution in [0.1, 0.15) is 54.4 Å². The number of amides is 1. The molecule has 1 saturated carbocycles. The lowest BCUT2D eigenvalue weighted by atomic mass is 10.1. The summed E-state index contributed by atoms with van der Waals surface area (Å²) >= 11 is 0. The molecule has 0 bridgehead atoms. The first-order valence-corrected chi connectivity index (χ1v) is 12.8. The van der Waals surface area contributed by atoms with Gasteiger partial charge in [-0.3, -0.25) is 4.79 Å². The van der Waals surface area contributed by atoms with Crippen molar-refractivity contribution in [1.82, 2.24) is 9.21 Å². The van der Waals surface area contributed by atoms with E-state index in [1.165, 1.54) is 10.4 Å². The van der Waals surface area contributed by atoms with Crippen LogP contribution in [0.3, 0.4) is 0 Å². The third-order valence-corrected chi connectivity index (χ3v) is 8.49. The lowest BCUT2D eigenvalue weighted by Crippen LogP contribution is -2.38. The molecule has 0 atom stereocenters. The van der Waals surface area contributed by atoms with Crippen molar-refractivity contribution in [2.75, 3.05) is 19.9 Å². The molecule has 32 heavy (non-hydrogen) atoms. The fraction of sp³-hybridized carbons (Fsp3) is 0.458. The van der Waals surface area contributed by atoms with Gasteiger partial charge >= 0.3 is 0 Å². The highest BCUT2D eigenvalue weighted by Gasteiger charge is 2.31. The van der Waals surface area contributed by atoms with Gasteiger partial charge in [-0.25, -0.2) is 8.42 Å². The summed E-state index contributed by atoms with van der Waals surface area (Å²) in [5.41, 5.74) is 1.38. The zero-order valence-electron chi connectivity index (χ0n) is 18.0. The van der Waals surface area contributed by atoms with Gasteiger partial charge < -0.3 is 14.4 Å². The van der Waals surface area contributed by atoms with E-state index in [4.69, 9.17) is 9.47 Å². The molecule has 2 aromatic carbocycles. The predicted molar refractivity (Wildman–Crippen MR) is 119 cm³/mol. The summed E-state index contributed by atoms with van der Waals surface area (Å²) in [6, 6.07) is 12.4. The minimum atomic E-state index is -3.57. The van der Waals surface area contributed by atoms with Crippen molar-refractivity contribution in [1.29, 1.82) is 0 Å². The minimum Gasteiger partial charge on any atom is -0.454 e. The first-order chi connectivity index (χ1) is 15.5. The number of hydrogen-bond acceptors (Lipinski definition) is 5. The Morgan fingerprint density at radius 2 is 1.72 bits per heavy atom. The molecule has 0 unspecified atom stereocenters. The van der Waals surface area contributed by atoms with Gasteiger partial charge in [0.25, 0.3) is 5.91 Å². The SMILES string of the molecule is O=C(c1cccc(S(=O)(=O)N2CCCC2)c1)N(Cc1ccc2c(c1)OCO2)C1CCCC1. The van der Waals surface area contributed by atoms with Crippen LogP contribution in [0.15, 0.2) is 47.4 Å². The maximum absolute atomic E-state index is 13.6. The molecule has 2 heterocycles. The third kappa shape index (κ3) is 4.09. The van der Waals surface area contributed by atoms with E-state index in [1.54, 1.807) is 18.2 Å². The van der Waals surface area contributed by atoms with Crippen molar-refractivity contribution < 1.29 is 22.7 Å². The molecular weight excluding hydrogens is 428 g/mol. The Bertz CT molecular complexity index is 1110. The second kappa shape index (κ2) is 8.75. The summed E-state index contributed by atoms with van der Waals surface area (Å²) in [7, 11) is -3.57. The maximum atomic E-state index is 13.6. The van der Waals surface area contributed by atoms with E-state index < -0.39 is 10.0 Å². The van der Waals surface area contributed by atoms with Crippen LogP contribution in [-0.2, 0) is 16.6 Å². The van der Waals surface area contributed by atoms with Crippen LogP contribution < -0.4 is 9.47 Å². The number of ether oxygens (including phenoxy) is 2. The lowest BCUT2D eigenvalue weighted by molar-refractivity contribution is 0.0664. The van der Waals surface area contributed by atoms with Gasteiger partial charge in [0.15, 0.2) is 11.5 Å². The van der Waals surface area contributed by atoms with Crippen LogP contribution in [0.25, 0.3) is 0 Å². The molecule has 1 saturated heterocycles. The molecule has 0 radical (unpaired) electrons. The van der Waals surface area contributed by atoms with Gasteiger partial charge in [0.1, 0.15) is 0 Å². The molecule has 3 aliphatic rings. The van der Waals surface area contributed by atoms with Gasteiger partial charge in [-0.05, 0) is 61.6 Å². The highest BCUT2D eigenvalue weighted by molar-refractivity contribution is 7.89. The number of rotatable bonds is 6. The van der Waals surface area contributed by atoms with Crippen LogP contribution in [0.5, 0.6) is 11.5 Å². The Balaban J connectivity index is 1.42. The summed E-state index contributed by atoms with van der Waals surface area (Å²) in [4.78, 5) is 15.7. The van der Waals surface area contributed by atoms with E-state index in [0.717, 1.165) is 44.1 Å². The molecule has 2 aliphatic heterocycles. The van der Waals surface area contributed by atoms with Crippen molar-refractivity contribution in [2.24, 2.45) is 0 Å². The number of nitrogens with zero attached hydrogens (tertiary/aromatic N) is 2. The lowest BCUT2D eigenvalue weighted by Gasteiger charge is -2.29. The van der Waals surface area contributed by atoms with E-state index in [1.807, 2.05) is 23.1 Å². The summed E-state index contributed by atoms with van der Waals surface area (Å²) < 4.78 is 38.4. The zero-order chi connectivity index (χ0) is 22.1. The van der Waals surface area contributed by atoms with Crippen LogP contribution in [0, 0.1) is 0 Å². The number of benzene rings is 2. The van der Waals surface area contributed by atoms with Crippen molar-refractivity contribution >= 4 is 15.9 Å². The van der Waals surface area contributed by atoms with E-state index >= 15 is 0 Å². The maximum Gasteiger partial charge on any atom is 0.254 e. The van der Waals surface area contributed by atoms with E-state index in [2.05, 4.69) is 0 Å². The van der Waals surface area contributed by atoms with Crippen LogP contribution >= 0.6 is 0 Å². The molecule has 170 valence electrons. The van der Waals surface area contributed by atoms with E-state index in [-0.39, 0.29) is 23.6 Å². The highest BCUT2D eigenvalue weighted by Crippen LogP contribution is 2.34. The molecule has 0 aromatic heterocycles. The van der Waals surface area contributed by atoms with Gasteiger partial charge in [-0.2, -0.15) is 4.31 Å². The second-order valence-corrected chi connectivity index (χ2v) is 10.6. The quantitative estimate of drug-likeness (QED) is 0.661. The smallest absolute Gasteiger partial charge is 0.254 e. The van der Waals surface area contributed by atoms with Crippen molar-refractivity contribution in [3.8, 4) is 11.5 Å². The number of sulfonamides is 1. The Hall–Kier alpha value is -2.58. The number of fused-ring (bicyclic) bond motifs is 1. The predicted octanol–water partition coefficient (Wildman–Crippen LogP) is 3.78. The molecule has 0 spiro atoms. The molecule has 8 heteroatoms. The molecule has 5 rings (SSSR count). The summed E-state index contributed by atoms with van der Waals surface area (Å²) in [6.07, 6.45) is 5.87. The number of carbonyl (C=O) groups is 1. The van der Waals surface area contributed by atoms with Gasteiger partial charge in [0.2, 0.25) is 16.8 Å². The first kappa shape index (κ1) is 21.3. The average Bonchev–Trinajstić information content (AvgIpc) is 3.59. The Kier molecular flexibility index (Phi) is 5.82. The minimum absolute atomic E-state index is 0.131.